The first-order valence-corrected chi connectivity index (χ1v) is 10.2. The predicted molar refractivity (Wildman–Crippen MR) is 114 cm³/mol. The third-order valence-electron chi connectivity index (χ3n) is 5.64. The van der Waals surface area contributed by atoms with Gasteiger partial charge in [-0.25, -0.2) is 0 Å². The molecule has 0 spiro atoms. The Morgan fingerprint density at radius 1 is 1.00 bits per heavy atom. The minimum atomic E-state index is -0.282. The van der Waals surface area contributed by atoms with Gasteiger partial charge in [0.1, 0.15) is 5.69 Å². The summed E-state index contributed by atoms with van der Waals surface area (Å²) in [7, 11) is 0. The summed E-state index contributed by atoms with van der Waals surface area (Å²) in [4.78, 5) is 25.0. The maximum Gasteiger partial charge on any atom is 0.271 e. The molecule has 0 unspecified atom stereocenters. The van der Waals surface area contributed by atoms with Crippen LogP contribution >= 0.6 is 11.6 Å². The zero-order valence-electron chi connectivity index (χ0n) is 16.0. The standard InChI is InChI=1S/C23H22ClN3O2/c24-18-10-8-17(9-11-18)23(14-4-5-15-23)16-25-22(29)20-12-13-21(28)27(26-20)19-6-2-1-3-7-19/h1-3,6-13H,4-5,14-16H2,(H,25,29). The van der Waals surface area contributed by atoms with Crippen molar-refractivity contribution in [2.24, 2.45) is 0 Å². The highest BCUT2D eigenvalue weighted by atomic mass is 35.5. The molecule has 1 amide bonds. The van der Waals surface area contributed by atoms with Crippen LogP contribution in [0.25, 0.3) is 5.69 Å². The number of hydrogen-bond acceptors (Lipinski definition) is 3. The van der Waals surface area contributed by atoms with E-state index in [2.05, 4.69) is 10.4 Å². The first-order valence-electron chi connectivity index (χ1n) is 9.77. The number of para-hydroxylation sites is 1. The summed E-state index contributed by atoms with van der Waals surface area (Å²) < 4.78 is 1.25. The predicted octanol–water partition coefficient (Wildman–Crippen LogP) is 4.13. The minimum absolute atomic E-state index is 0.0892. The van der Waals surface area contributed by atoms with E-state index in [1.54, 1.807) is 12.1 Å². The molecule has 2 aromatic carbocycles. The number of hydrogen-bond donors (Lipinski definition) is 1. The average molecular weight is 408 g/mol. The number of carbonyl (C=O) groups excluding carboxylic acids is 1. The monoisotopic (exact) mass is 407 g/mol. The molecule has 1 aliphatic carbocycles. The SMILES string of the molecule is O=C(NCC1(c2ccc(Cl)cc2)CCCC1)c1ccc(=O)n(-c2ccccc2)n1. The number of halogens is 1. The molecule has 0 bridgehead atoms. The van der Waals surface area contributed by atoms with Gasteiger partial charge in [-0.2, -0.15) is 9.78 Å². The molecule has 5 nitrogen and oxygen atoms in total. The lowest BCUT2D eigenvalue weighted by Gasteiger charge is -2.30. The normalized spacial score (nSPS) is 15.2. The summed E-state index contributed by atoms with van der Waals surface area (Å²) in [6, 6.07) is 19.8. The molecule has 1 saturated carbocycles. The van der Waals surface area contributed by atoms with Gasteiger partial charge in [-0.15, -0.1) is 0 Å². The van der Waals surface area contributed by atoms with Crippen LogP contribution in [0.1, 0.15) is 41.7 Å². The van der Waals surface area contributed by atoms with Gasteiger partial charge in [0.2, 0.25) is 0 Å². The highest BCUT2D eigenvalue weighted by Crippen LogP contribution is 2.41. The molecule has 1 aliphatic rings. The molecule has 1 aromatic heterocycles. The number of amides is 1. The molecule has 3 aromatic rings. The van der Waals surface area contributed by atoms with Crippen LogP contribution in [-0.2, 0) is 5.41 Å². The molecule has 0 atom stereocenters. The van der Waals surface area contributed by atoms with Crippen molar-refractivity contribution in [3.05, 3.63) is 93.4 Å². The van der Waals surface area contributed by atoms with Crippen molar-refractivity contribution in [2.75, 3.05) is 6.54 Å². The Morgan fingerprint density at radius 3 is 2.38 bits per heavy atom. The Balaban J connectivity index is 1.55. The minimum Gasteiger partial charge on any atom is -0.350 e. The molecule has 6 heteroatoms. The fourth-order valence-corrected chi connectivity index (χ4v) is 4.18. The first kappa shape index (κ1) is 19.4. The van der Waals surface area contributed by atoms with Gasteiger partial charge in [0, 0.05) is 23.0 Å². The van der Waals surface area contributed by atoms with Gasteiger partial charge in [0.05, 0.1) is 5.69 Å². The molecule has 0 radical (unpaired) electrons. The topological polar surface area (TPSA) is 64.0 Å². The van der Waals surface area contributed by atoms with Crippen LogP contribution in [0, 0.1) is 0 Å². The molecule has 1 fully saturated rings. The lowest BCUT2D eigenvalue weighted by atomic mass is 9.79. The maximum atomic E-state index is 12.8. The molecule has 1 heterocycles. The van der Waals surface area contributed by atoms with Crippen LogP contribution in [0.3, 0.4) is 0 Å². The fraction of sp³-hybridized carbons (Fsp3) is 0.261. The van der Waals surface area contributed by atoms with E-state index in [9.17, 15) is 9.59 Å². The van der Waals surface area contributed by atoms with Crippen molar-refractivity contribution in [2.45, 2.75) is 31.1 Å². The fourth-order valence-electron chi connectivity index (χ4n) is 4.05. The number of benzene rings is 2. The highest BCUT2D eigenvalue weighted by molar-refractivity contribution is 6.30. The number of aromatic nitrogens is 2. The zero-order chi connectivity index (χ0) is 20.3. The van der Waals surface area contributed by atoms with Crippen molar-refractivity contribution >= 4 is 17.5 Å². The number of carbonyl (C=O) groups is 1. The molecule has 0 saturated heterocycles. The second-order valence-electron chi connectivity index (χ2n) is 7.48. The van der Waals surface area contributed by atoms with E-state index in [0.717, 1.165) is 25.7 Å². The summed E-state index contributed by atoms with van der Waals surface area (Å²) in [5, 5.41) is 8.02. The van der Waals surface area contributed by atoms with E-state index in [-0.39, 0.29) is 22.6 Å². The van der Waals surface area contributed by atoms with Gasteiger partial charge in [-0.05, 0) is 48.7 Å². The van der Waals surface area contributed by atoms with Crippen molar-refractivity contribution in [1.29, 1.82) is 0 Å². The second kappa shape index (κ2) is 8.21. The summed E-state index contributed by atoms with van der Waals surface area (Å²) in [6.45, 7) is 0.527. The van der Waals surface area contributed by atoms with Gasteiger partial charge >= 0.3 is 0 Å². The molecule has 29 heavy (non-hydrogen) atoms. The van der Waals surface area contributed by atoms with E-state index in [1.807, 2.05) is 42.5 Å². The van der Waals surface area contributed by atoms with Crippen LogP contribution in [0.5, 0.6) is 0 Å². The van der Waals surface area contributed by atoms with Crippen molar-refractivity contribution < 1.29 is 4.79 Å². The summed E-state index contributed by atoms with van der Waals surface area (Å²) in [6.07, 6.45) is 4.31. The van der Waals surface area contributed by atoms with Crippen molar-refractivity contribution in [3.8, 4) is 5.69 Å². The van der Waals surface area contributed by atoms with E-state index >= 15 is 0 Å². The van der Waals surface area contributed by atoms with Crippen LogP contribution in [0.4, 0.5) is 0 Å². The summed E-state index contributed by atoms with van der Waals surface area (Å²) in [5.41, 5.74) is 1.68. The Morgan fingerprint density at radius 2 is 1.69 bits per heavy atom. The third kappa shape index (κ3) is 4.10. The van der Waals surface area contributed by atoms with Crippen LogP contribution < -0.4 is 10.9 Å². The first-order chi connectivity index (χ1) is 14.1. The van der Waals surface area contributed by atoms with Crippen molar-refractivity contribution in [3.63, 3.8) is 0 Å². The average Bonchev–Trinajstić information content (AvgIpc) is 3.23. The number of rotatable bonds is 5. The molecule has 4 rings (SSSR count). The van der Waals surface area contributed by atoms with Gasteiger partial charge < -0.3 is 5.32 Å². The number of nitrogens with zero attached hydrogens (tertiary/aromatic N) is 2. The Bertz CT molecular complexity index is 1060. The zero-order valence-corrected chi connectivity index (χ0v) is 16.7. The largest absolute Gasteiger partial charge is 0.350 e. The molecular weight excluding hydrogens is 386 g/mol. The second-order valence-corrected chi connectivity index (χ2v) is 7.92. The quantitative estimate of drug-likeness (QED) is 0.691. The van der Waals surface area contributed by atoms with E-state index in [0.29, 0.717) is 17.3 Å². The molecule has 148 valence electrons. The summed E-state index contributed by atoms with van der Waals surface area (Å²) >= 11 is 6.04. The molecule has 0 aliphatic heterocycles. The van der Waals surface area contributed by atoms with Gasteiger partial charge in [-0.1, -0.05) is 54.8 Å². The molecular formula is C23H22ClN3O2. The maximum absolute atomic E-state index is 12.8. The highest BCUT2D eigenvalue weighted by Gasteiger charge is 2.36. The lowest BCUT2D eigenvalue weighted by molar-refractivity contribution is 0.0936. The van der Waals surface area contributed by atoms with Crippen LogP contribution in [-0.4, -0.2) is 22.2 Å². The van der Waals surface area contributed by atoms with E-state index in [1.165, 1.54) is 22.4 Å². The smallest absolute Gasteiger partial charge is 0.271 e. The Kier molecular flexibility index (Phi) is 5.49. The third-order valence-corrected chi connectivity index (χ3v) is 5.89. The molecule has 1 N–H and O–H groups in total. The van der Waals surface area contributed by atoms with Crippen LogP contribution in [0.15, 0.2) is 71.5 Å². The van der Waals surface area contributed by atoms with Gasteiger partial charge in [0.25, 0.3) is 11.5 Å². The van der Waals surface area contributed by atoms with Crippen LogP contribution in [0.2, 0.25) is 5.02 Å². The van der Waals surface area contributed by atoms with E-state index < -0.39 is 0 Å². The van der Waals surface area contributed by atoms with Crippen molar-refractivity contribution in [1.82, 2.24) is 15.1 Å². The van der Waals surface area contributed by atoms with Gasteiger partial charge in [0.15, 0.2) is 0 Å². The Labute approximate surface area is 174 Å². The summed E-state index contributed by atoms with van der Waals surface area (Å²) in [5.74, 6) is -0.282. The van der Waals surface area contributed by atoms with Gasteiger partial charge in [-0.3, -0.25) is 9.59 Å². The Hall–Kier alpha value is -2.92. The van der Waals surface area contributed by atoms with E-state index in [4.69, 9.17) is 11.6 Å². The number of nitrogens with one attached hydrogen (secondary N) is 1. The lowest BCUT2D eigenvalue weighted by Crippen LogP contribution is -2.39.